The van der Waals surface area contributed by atoms with Crippen LogP contribution in [-0.4, -0.2) is 16.2 Å². The molecule has 0 aliphatic heterocycles. The van der Waals surface area contributed by atoms with Gasteiger partial charge in [0.1, 0.15) is 5.75 Å². The maximum absolute atomic E-state index is 6.67. The van der Waals surface area contributed by atoms with Crippen molar-refractivity contribution in [2.45, 2.75) is 81.9 Å². The zero-order valence-electron chi connectivity index (χ0n) is 14.6. The van der Waals surface area contributed by atoms with Crippen LogP contribution in [0.25, 0.3) is 0 Å². The first-order valence-electron chi connectivity index (χ1n) is 9.50. The van der Waals surface area contributed by atoms with Gasteiger partial charge in [0.05, 0.1) is 13.7 Å². The van der Waals surface area contributed by atoms with E-state index in [1.165, 1.54) is 69.8 Å². The molecule has 3 heteroatoms. The summed E-state index contributed by atoms with van der Waals surface area (Å²) >= 11 is 0. The molecule has 2 saturated carbocycles. The second kappa shape index (κ2) is 8.88. The number of benzene rings is 1. The third kappa shape index (κ3) is 4.60. The van der Waals surface area contributed by atoms with E-state index in [9.17, 15) is 0 Å². The molecule has 127 valence electrons. The normalized spacial score (nSPS) is 20.8. The lowest BCUT2D eigenvalue weighted by Crippen LogP contribution is -2.33. The van der Waals surface area contributed by atoms with Crippen molar-refractivity contribution >= 4 is 9.04 Å². The van der Waals surface area contributed by atoms with Crippen molar-refractivity contribution in [3.05, 3.63) is 29.8 Å². The Morgan fingerprint density at radius 2 is 1.43 bits per heavy atom. The molecular formula is C20H31O2Si. The fourth-order valence-corrected chi connectivity index (χ4v) is 7.74. The van der Waals surface area contributed by atoms with Crippen LogP contribution in [-0.2, 0) is 11.0 Å². The minimum atomic E-state index is -0.724. The molecule has 1 aromatic carbocycles. The molecule has 1 radical (unpaired) electrons. The van der Waals surface area contributed by atoms with Gasteiger partial charge in [-0.05, 0) is 17.1 Å². The average Bonchev–Trinajstić information content (AvgIpc) is 2.64. The van der Waals surface area contributed by atoms with Gasteiger partial charge in [0, 0.05) is 5.56 Å². The number of para-hydroxylation sites is 1. The highest BCUT2D eigenvalue weighted by Crippen LogP contribution is 2.42. The van der Waals surface area contributed by atoms with Crippen LogP contribution in [0, 0.1) is 0 Å². The molecular weight excluding hydrogens is 300 g/mol. The SMILES string of the molecule is COc1ccccc1CO[Si](C1CCCCC1)C1CCCCC1. The molecule has 3 rings (SSSR count). The van der Waals surface area contributed by atoms with Gasteiger partial charge in [-0.3, -0.25) is 0 Å². The van der Waals surface area contributed by atoms with Gasteiger partial charge in [-0.25, -0.2) is 0 Å². The lowest BCUT2D eigenvalue weighted by Gasteiger charge is -2.35. The summed E-state index contributed by atoms with van der Waals surface area (Å²) in [5.74, 6) is 0.973. The summed E-state index contributed by atoms with van der Waals surface area (Å²) in [6.07, 6.45) is 14.2. The van der Waals surface area contributed by atoms with Gasteiger partial charge in [0.2, 0.25) is 9.04 Å². The molecule has 2 fully saturated rings. The largest absolute Gasteiger partial charge is 0.496 e. The van der Waals surface area contributed by atoms with Gasteiger partial charge in [0.25, 0.3) is 0 Å². The van der Waals surface area contributed by atoms with Crippen LogP contribution in [0.4, 0.5) is 0 Å². The first-order chi connectivity index (χ1) is 11.4. The van der Waals surface area contributed by atoms with E-state index in [4.69, 9.17) is 9.16 Å². The minimum Gasteiger partial charge on any atom is -0.496 e. The number of ether oxygens (including phenoxy) is 1. The fourth-order valence-electron chi connectivity index (χ4n) is 4.33. The number of hydrogen-bond acceptors (Lipinski definition) is 2. The van der Waals surface area contributed by atoms with Crippen LogP contribution in [0.1, 0.15) is 69.8 Å². The maximum Gasteiger partial charge on any atom is 0.218 e. The quantitative estimate of drug-likeness (QED) is 0.607. The number of hydrogen-bond donors (Lipinski definition) is 0. The standard InChI is InChI=1S/C20H31O2Si/c1-21-20-15-9-8-10-17(20)16-22-23(18-11-4-2-5-12-18)19-13-6-3-7-14-19/h8-10,15,18-19H,2-7,11-14,16H2,1H3. The molecule has 23 heavy (non-hydrogen) atoms. The van der Waals surface area contributed by atoms with Crippen LogP contribution in [0.2, 0.25) is 11.1 Å². The van der Waals surface area contributed by atoms with Gasteiger partial charge in [0.15, 0.2) is 0 Å². The van der Waals surface area contributed by atoms with E-state index in [0.29, 0.717) is 0 Å². The molecule has 0 atom stereocenters. The Morgan fingerprint density at radius 3 is 2.00 bits per heavy atom. The molecule has 0 heterocycles. The predicted molar refractivity (Wildman–Crippen MR) is 97.2 cm³/mol. The van der Waals surface area contributed by atoms with Crippen molar-refractivity contribution in [1.29, 1.82) is 0 Å². The number of methoxy groups -OCH3 is 1. The smallest absolute Gasteiger partial charge is 0.218 e. The Morgan fingerprint density at radius 1 is 0.870 bits per heavy atom. The average molecular weight is 332 g/mol. The van der Waals surface area contributed by atoms with Crippen LogP contribution in [0.15, 0.2) is 24.3 Å². The van der Waals surface area contributed by atoms with E-state index >= 15 is 0 Å². The zero-order chi connectivity index (χ0) is 15.9. The summed E-state index contributed by atoms with van der Waals surface area (Å²) in [7, 11) is 1.03. The van der Waals surface area contributed by atoms with Gasteiger partial charge in [-0.1, -0.05) is 82.4 Å². The van der Waals surface area contributed by atoms with Crippen molar-refractivity contribution in [3.8, 4) is 5.75 Å². The van der Waals surface area contributed by atoms with Crippen molar-refractivity contribution in [2.24, 2.45) is 0 Å². The molecule has 2 nitrogen and oxygen atoms in total. The van der Waals surface area contributed by atoms with Crippen molar-refractivity contribution in [1.82, 2.24) is 0 Å². The fraction of sp³-hybridized carbons (Fsp3) is 0.700. The first kappa shape index (κ1) is 17.0. The van der Waals surface area contributed by atoms with Gasteiger partial charge < -0.3 is 9.16 Å². The van der Waals surface area contributed by atoms with E-state index in [-0.39, 0.29) is 0 Å². The maximum atomic E-state index is 6.67. The second-order valence-electron chi connectivity index (χ2n) is 7.17. The summed E-state index contributed by atoms with van der Waals surface area (Å²) in [5.41, 5.74) is 2.97. The summed E-state index contributed by atoms with van der Waals surface area (Å²) in [4.78, 5) is 0. The Kier molecular flexibility index (Phi) is 6.58. The predicted octanol–water partition coefficient (Wildman–Crippen LogP) is 5.87. The molecule has 0 aromatic heterocycles. The molecule has 0 unspecified atom stereocenters. The highest BCUT2D eigenvalue weighted by Gasteiger charge is 2.35. The first-order valence-corrected chi connectivity index (χ1v) is 11.1. The second-order valence-corrected chi connectivity index (χ2v) is 9.90. The molecule has 0 saturated heterocycles. The van der Waals surface area contributed by atoms with Crippen LogP contribution in [0.3, 0.4) is 0 Å². The van der Waals surface area contributed by atoms with Gasteiger partial charge in [-0.15, -0.1) is 0 Å². The summed E-state index contributed by atoms with van der Waals surface area (Å²) < 4.78 is 12.2. The molecule has 0 amide bonds. The van der Waals surface area contributed by atoms with Crippen molar-refractivity contribution in [3.63, 3.8) is 0 Å². The Hall–Kier alpha value is -0.803. The topological polar surface area (TPSA) is 18.5 Å². The summed E-state index contributed by atoms with van der Waals surface area (Å²) in [6, 6.07) is 8.33. The third-order valence-corrected chi connectivity index (χ3v) is 8.84. The zero-order valence-corrected chi connectivity index (χ0v) is 15.6. The molecule has 0 N–H and O–H groups in total. The molecule has 1 aromatic rings. The van der Waals surface area contributed by atoms with Crippen LogP contribution < -0.4 is 4.74 Å². The van der Waals surface area contributed by atoms with Gasteiger partial charge in [-0.2, -0.15) is 0 Å². The van der Waals surface area contributed by atoms with Crippen molar-refractivity contribution in [2.75, 3.05) is 7.11 Å². The van der Waals surface area contributed by atoms with Crippen LogP contribution in [0.5, 0.6) is 5.75 Å². The number of rotatable bonds is 6. The van der Waals surface area contributed by atoms with E-state index in [1.807, 2.05) is 12.1 Å². The Labute approximate surface area is 143 Å². The van der Waals surface area contributed by atoms with Gasteiger partial charge >= 0.3 is 0 Å². The van der Waals surface area contributed by atoms with E-state index < -0.39 is 9.04 Å². The van der Waals surface area contributed by atoms with Crippen LogP contribution >= 0.6 is 0 Å². The molecule has 0 spiro atoms. The lowest BCUT2D eigenvalue weighted by molar-refractivity contribution is 0.265. The van der Waals surface area contributed by atoms with E-state index in [0.717, 1.165) is 23.4 Å². The molecule has 2 aliphatic rings. The summed E-state index contributed by atoms with van der Waals surface area (Å²) in [6.45, 7) is 0.741. The third-order valence-electron chi connectivity index (χ3n) is 5.60. The minimum absolute atomic E-state index is 0.724. The van der Waals surface area contributed by atoms with Crippen molar-refractivity contribution < 1.29 is 9.16 Å². The Balaban J connectivity index is 1.67. The molecule has 2 aliphatic carbocycles. The highest BCUT2D eigenvalue weighted by molar-refractivity contribution is 6.55. The molecule has 0 bridgehead atoms. The Bertz CT molecular complexity index is 446. The monoisotopic (exact) mass is 331 g/mol. The van der Waals surface area contributed by atoms with E-state index in [2.05, 4.69) is 12.1 Å². The highest BCUT2D eigenvalue weighted by atomic mass is 28.3. The summed E-state index contributed by atoms with van der Waals surface area (Å²) in [5, 5.41) is 0. The van der Waals surface area contributed by atoms with E-state index in [1.54, 1.807) is 7.11 Å². The lowest BCUT2D eigenvalue weighted by atomic mass is 9.99.